The van der Waals surface area contributed by atoms with Crippen LogP contribution in [0.2, 0.25) is 0 Å². The van der Waals surface area contributed by atoms with Gasteiger partial charge in [-0.3, -0.25) is 4.90 Å². The van der Waals surface area contributed by atoms with Crippen LogP contribution in [0.3, 0.4) is 0 Å². The second-order valence-electron chi connectivity index (χ2n) is 6.23. The fraction of sp³-hybridized carbons (Fsp3) is 1.00. The maximum absolute atomic E-state index is 3.70. The Bertz CT molecular complexity index is 221. The lowest BCUT2D eigenvalue weighted by Gasteiger charge is -2.42. The van der Waals surface area contributed by atoms with Crippen LogP contribution in [0.5, 0.6) is 0 Å². The minimum atomic E-state index is 0.714. The van der Waals surface area contributed by atoms with Crippen molar-refractivity contribution in [1.82, 2.24) is 10.2 Å². The summed E-state index contributed by atoms with van der Waals surface area (Å²) in [7, 11) is 0. The van der Waals surface area contributed by atoms with Crippen LogP contribution in [0, 0.1) is 5.92 Å². The van der Waals surface area contributed by atoms with E-state index in [0.717, 1.165) is 12.0 Å². The first kappa shape index (κ1) is 17.3. The number of rotatable bonds is 9. The molecule has 0 aromatic rings. The average Bonchev–Trinajstić information content (AvgIpc) is 2.42. The standard InChI is InChI=1S/C16H34N2S/c1-5-15-13-18(16(12-17-15)14(2)3)10-8-6-7-9-11-19-4/h14-17H,5-13H2,1-4H3. The van der Waals surface area contributed by atoms with Crippen molar-refractivity contribution in [2.45, 2.75) is 65.0 Å². The van der Waals surface area contributed by atoms with Gasteiger partial charge in [-0.25, -0.2) is 0 Å². The summed E-state index contributed by atoms with van der Waals surface area (Å²) in [6.07, 6.45) is 9.07. The maximum Gasteiger partial charge on any atom is 0.0244 e. The highest BCUT2D eigenvalue weighted by molar-refractivity contribution is 7.98. The Balaban J connectivity index is 2.25. The summed E-state index contributed by atoms with van der Waals surface area (Å²) in [6.45, 7) is 10.8. The highest BCUT2D eigenvalue weighted by Crippen LogP contribution is 2.17. The minimum absolute atomic E-state index is 0.714. The zero-order chi connectivity index (χ0) is 14.1. The smallest absolute Gasteiger partial charge is 0.0244 e. The topological polar surface area (TPSA) is 15.3 Å². The zero-order valence-electron chi connectivity index (χ0n) is 13.5. The number of hydrogen-bond acceptors (Lipinski definition) is 3. The molecule has 1 heterocycles. The molecule has 2 unspecified atom stereocenters. The lowest BCUT2D eigenvalue weighted by molar-refractivity contribution is 0.0952. The molecule has 0 saturated carbocycles. The molecule has 1 saturated heterocycles. The Morgan fingerprint density at radius 2 is 1.95 bits per heavy atom. The Kier molecular flexibility index (Phi) is 9.17. The summed E-state index contributed by atoms with van der Waals surface area (Å²) >= 11 is 1.98. The van der Waals surface area contributed by atoms with Crippen LogP contribution < -0.4 is 5.32 Å². The van der Waals surface area contributed by atoms with Gasteiger partial charge in [0.15, 0.2) is 0 Å². The van der Waals surface area contributed by atoms with Crippen molar-refractivity contribution in [3.63, 3.8) is 0 Å². The van der Waals surface area contributed by atoms with Gasteiger partial charge in [-0.1, -0.05) is 33.6 Å². The van der Waals surface area contributed by atoms with Crippen LogP contribution in [-0.4, -0.2) is 48.6 Å². The van der Waals surface area contributed by atoms with Gasteiger partial charge in [-0.05, 0) is 43.7 Å². The fourth-order valence-corrected chi connectivity index (χ4v) is 3.50. The molecule has 2 atom stereocenters. The third-order valence-corrected chi connectivity index (χ3v) is 5.04. The second-order valence-corrected chi connectivity index (χ2v) is 7.21. The van der Waals surface area contributed by atoms with Gasteiger partial charge < -0.3 is 5.32 Å². The quantitative estimate of drug-likeness (QED) is 0.652. The van der Waals surface area contributed by atoms with Crippen LogP contribution >= 0.6 is 11.8 Å². The Labute approximate surface area is 125 Å². The third-order valence-electron chi connectivity index (χ3n) is 4.35. The van der Waals surface area contributed by atoms with Gasteiger partial charge >= 0.3 is 0 Å². The molecule has 0 aromatic carbocycles. The number of nitrogens with one attached hydrogen (secondary N) is 1. The third kappa shape index (κ3) is 6.50. The van der Waals surface area contributed by atoms with E-state index in [4.69, 9.17) is 0 Å². The highest BCUT2D eigenvalue weighted by atomic mass is 32.2. The predicted octanol–water partition coefficient (Wildman–Crippen LogP) is 3.62. The molecule has 0 radical (unpaired) electrons. The molecule has 19 heavy (non-hydrogen) atoms. The average molecular weight is 287 g/mol. The summed E-state index contributed by atoms with van der Waals surface area (Å²) in [4.78, 5) is 2.75. The summed E-state index contributed by atoms with van der Waals surface area (Å²) in [5.74, 6) is 2.10. The van der Waals surface area contributed by atoms with Gasteiger partial charge in [0.25, 0.3) is 0 Å². The van der Waals surface area contributed by atoms with Crippen molar-refractivity contribution in [2.75, 3.05) is 31.6 Å². The highest BCUT2D eigenvalue weighted by Gasteiger charge is 2.28. The van der Waals surface area contributed by atoms with E-state index < -0.39 is 0 Å². The Morgan fingerprint density at radius 3 is 2.58 bits per heavy atom. The van der Waals surface area contributed by atoms with Crippen LogP contribution in [0.15, 0.2) is 0 Å². The molecule has 3 heteroatoms. The van der Waals surface area contributed by atoms with Crippen LogP contribution in [-0.2, 0) is 0 Å². The predicted molar refractivity (Wildman–Crippen MR) is 89.1 cm³/mol. The second kappa shape index (κ2) is 10.1. The molecule has 1 rings (SSSR count). The van der Waals surface area contributed by atoms with Crippen LogP contribution in [0.4, 0.5) is 0 Å². The molecule has 114 valence electrons. The van der Waals surface area contributed by atoms with Crippen LogP contribution in [0.1, 0.15) is 52.9 Å². The van der Waals surface area contributed by atoms with E-state index in [0.29, 0.717) is 6.04 Å². The first-order chi connectivity index (χ1) is 9.19. The first-order valence-corrected chi connectivity index (χ1v) is 9.54. The molecule has 0 aliphatic carbocycles. The van der Waals surface area contributed by atoms with Crippen LogP contribution in [0.25, 0.3) is 0 Å². The Morgan fingerprint density at radius 1 is 1.21 bits per heavy atom. The molecule has 0 amide bonds. The monoisotopic (exact) mass is 286 g/mol. The van der Waals surface area contributed by atoms with Crippen molar-refractivity contribution in [1.29, 1.82) is 0 Å². The lowest BCUT2D eigenvalue weighted by atomic mass is 9.97. The molecule has 1 aliphatic heterocycles. The zero-order valence-corrected chi connectivity index (χ0v) is 14.3. The van der Waals surface area contributed by atoms with Crippen molar-refractivity contribution in [2.24, 2.45) is 5.92 Å². The lowest BCUT2D eigenvalue weighted by Crippen LogP contribution is -2.58. The van der Waals surface area contributed by atoms with E-state index in [2.05, 4.69) is 37.2 Å². The largest absolute Gasteiger partial charge is 0.311 e. The number of nitrogens with zero attached hydrogens (tertiary/aromatic N) is 1. The van der Waals surface area contributed by atoms with E-state index in [-0.39, 0.29) is 0 Å². The van der Waals surface area contributed by atoms with E-state index in [9.17, 15) is 0 Å². The molecule has 1 fully saturated rings. The number of unbranched alkanes of at least 4 members (excludes halogenated alkanes) is 3. The molecule has 1 aliphatic rings. The van der Waals surface area contributed by atoms with Crippen molar-refractivity contribution >= 4 is 11.8 Å². The van der Waals surface area contributed by atoms with E-state index >= 15 is 0 Å². The van der Waals surface area contributed by atoms with Gasteiger partial charge in [0.05, 0.1) is 0 Å². The van der Waals surface area contributed by atoms with E-state index in [1.807, 2.05) is 11.8 Å². The molecule has 0 bridgehead atoms. The van der Waals surface area contributed by atoms with Gasteiger partial charge in [0.1, 0.15) is 0 Å². The number of thioether (sulfide) groups is 1. The van der Waals surface area contributed by atoms with E-state index in [1.165, 1.54) is 57.5 Å². The maximum atomic E-state index is 3.70. The van der Waals surface area contributed by atoms with Gasteiger partial charge in [-0.15, -0.1) is 0 Å². The molecule has 0 aromatic heterocycles. The summed E-state index contributed by atoms with van der Waals surface area (Å²) in [6, 6.07) is 1.46. The molecule has 0 spiro atoms. The summed E-state index contributed by atoms with van der Waals surface area (Å²) in [5, 5.41) is 3.70. The molecular formula is C16H34N2S. The van der Waals surface area contributed by atoms with Gasteiger partial charge in [-0.2, -0.15) is 11.8 Å². The van der Waals surface area contributed by atoms with Crippen molar-refractivity contribution in [3.8, 4) is 0 Å². The first-order valence-electron chi connectivity index (χ1n) is 8.15. The molecule has 1 N–H and O–H groups in total. The normalized spacial score (nSPS) is 25.1. The molecule has 2 nitrogen and oxygen atoms in total. The molecular weight excluding hydrogens is 252 g/mol. The van der Waals surface area contributed by atoms with Crippen molar-refractivity contribution in [3.05, 3.63) is 0 Å². The number of hydrogen-bond donors (Lipinski definition) is 1. The summed E-state index contributed by atoms with van der Waals surface area (Å²) in [5.41, 5.74) is 0. The van der Waals surface area contributed by atoms with Gasteiger partial charge in [0.2, 0.25) is 0 Å². The Hall–Kier alpha value is 0.270. The van der Waals surface area contributed by atoms with Crippen molar-refractivity contribution < 1.29 is 0 Å². The minimum Gasteiger partial charge on any atom is -0.311 e. The van der Waals surface area contributed by atoms with Gasteiger partial charge in [0, 0.05) is 25.2 Å². The van der Waals surface area contributed by atoms with E-state index in [1.54, 1.807) is 0 Å². The fourth-order valence-electron chi connectivity index (χ4n) is 3.00. The summed E-state index contributed by atoms with van der Waals surface area (Å²) < 4.78 is 0. The SMILES string of the molecule is CCC1CN(CCCCCCSC)C(C(C)C)CN1. The number of piperazine rings is 1.